The van der Waals surface area contributed by atoms with Crippen LogP contribution in [0.15, 0.2) is 0 Å². The van der Waals surface area contributed by atoms with Gasteiger partial charge in [-0.05, 0) is 24.8 Å². The summed E-state index contributed by atoms with van der Waals surface area (Å²) in [6, 6.07) is 1.52. The van der Waals surface area contributed by atoms with Gasteiger partial charge in [-0.25, -0.2) is 0 Å². The molecule has 1 aliphatic carbocycles. The zero-order chi connectivity index (χ0) is 9.95. The topological polar surface area (TPSA) is 12.0 Å². The molecule has 0 radical (unpaired) electrons. The first-order valence-electron chi connectivity index (χ1n) is 5.68. The summed E-state index contributed by atoms with van der Waals surface area (Å²) in [5.41, 5.74) is 0.709. The molecule has 78 valence electrons. The molecule has 1 fully saturated rings. The third kappa shape index (κ3) is 3.43. The van der Waals surface area contributed by atoms with Crippen molar-refractivity contribution in [3.63, 3.8) is 0 Å². The molecule has 13 heavy (non-hydrogen) atoms. The van der Waals surface area contributed by atoms with Crippen LogP contribution in [-0.2, 0) is 0 Å². The van der Waals surface area contributed by atoms with Crippen LogP contribution in [0.25, 0.3) is 0 Å². The van der Waals surface area contributed by atoms with Crippen molar-refractivity contribution >= 4 is 8.07 Å². The van der Waals surface area contributed by atoms with Crippen molar-refractivity contribution in [2.24, 2.45) is 5.41 Å². The molecule has 0 bridgehead atoms. The number of nitrogens with one attached hydrogen (secondary N) is 1. The van der Waals surface area contributed by atoms with Gasteiger partial charge in [-0.3, -0.25) is 0 Å². The first-order chi connectivity index (χ1) is 5.97. The Morgan fingerprint density at radius 3 is 2.15 bits per heavy atom. The largest absolute Gasteiger partial charge is 0.316 e. The molecule has 0 aromatic carbocycles. The lowest BCUT2D eigenvalue weighted by Crippen LogP contribution is -2.44. The Kier molecular flexibility index (Phi) is 3.58. The van der Waals surface area contributed by atoms with E-state index in [-0.39, 0.29) is 0 Å². The lowest BCUT2D eigenvalue weighted by atomic mass is 9.70. The minimum absolute atomic E-state index is 0.709. The Morgan fingerprint density at radius 2 is 1.85 bits per heavy atom. The normalized spacial score (nSPS) is 21.2. The van der Waals surface area contributed by atoms with Crippen LogP contribution in [0.4, 0.5) is 0 Å². The Hall–Kier alpha value is 0.177. The van der Waals surface area contributed by atoms with Gasteiger partial charge in [0.15, 0.2) is 0 Å². The van der Waals surface area contributed by atoms with E-state index in [0.717, 1.165) is 6.54 Å². The van der Waals surface area contributed by atoms with Crippen molar-refractivity contribution in [1.82, 2.24) is 5.32 Å². The second kappa shape index (κ2) is 4.14. The van der Waals surface area contributed by atoms with Crippen molar-refractivity contribution in [1.29, 1.82) is 0 Å². The minimum atomic E-state index is -0.852. The molecule has 2 heteroatoms. The van der Waals surface area contributed by atoms with Crippen LogP contribution in [0.5, 0.6) is 0 Å². The summed E-state index contributed by atoms with van der Waals surface area (Å²) in [5.74, 6) is 0. The predicted octanol–water partition coefficient (Wildman–Crippen LogP) is 3.10. The fraction of sp³-hybridized carbons (Fsp3) is 1.00. The summed E-state index contributed by atoms with van der Waals surface area (Å²) < 4.78 is 0. The van der Waals surface area contributed by atoms with Crippen molar-refractivity contribution < 1.29 is 0 Å². The first kappa shape index (κ1) is 11.3. The lowest BCUT2D eigenvalue weighted by Gasteiger charge is -2.45. The molecule has 0 aliphatic heterocycles. The highest BCUT2D eigenvalue weighted by Crippen LogP contribution is 2.46. The third-order valence-corrected chi connectivity index (χ3v) is 4.88. The predicted molar refractivity (Wildman–Crippen MR) is 63.0 cm³/mol. The summed E-state index contributed by atoms with van der Waals surface area (Å²) in [6.07, 6.45) is 4.42. The average molecular weight is 199 g/mol. The van der Waals surface area contributed by atoms with E-state index in [4.69, 9.17) is 0 Å². The first-order valence-corrected chi connectivity index (χ1v) is 9.39. The fourth-order valence-electron chi connectivity index (χ4n) is 2.61. The van der Waals surface area contributed by atoms with E-state index in [0.29, 0.717) is 5.41 Å². The van der Waals surface area contributed by atoms with E-state index in [1.165, 1.54) is 31.9 Å². The van der Waals surface area contributed by atoms with Crippen molar-refractivity contribution in [3.8, 4) is 0 Å². The van der Waals surface area contributed by atoms with Gasteiger partial charge in [-0.15, -0.1) is 0 Å². The second-order valence-corrected chi connectivity index (χ2v) is 11.3. The van der Waals surface area contributed by atoms with Crippen molar-refractivity contribution in [2.45, 2.75) is 51.9 Å². The molecule has 1 nitrogen and oxygen atoms in total. The third-order valence-electron chi connectivity index (χ3n) is 3.07. The highest BCUT2D eigenvalue weighted by molar-refractivity contribution is 6.76. The Bertz CT molecular complexity index is 156. The maximum Gasteiger partial charge on any atom is 0.0448 e. The van der Waals surface area contributed by atoms with Gasteiger partial charge in [0.25, 0.3) is 0 Å². The molecule has 1 N–H and O–H groups in total. The Labute approximate surface area is 84.3 Å². The van der Waals surface area contributed by atoms with E-state index in [9.17, 15) is 0 Å². The van der Waals surface area contributed by atoms with Crippen LogP contribution in [0.1, 0.15) is 26.2 Å². The zero-order valence-electron chi connectivity index (χ0n) is 9.74. The van der Waals surface area contributed by atoms with Crippen molar-refractivity contribution in [3.05, 3.63) is 0 Å². The van der Waals surface area contributed by atoms with Crippen LogP contribution in [0, 0.1) is 5.41 Å². The molecule has 1 aliphatic rings. The highest BCUT2D eigenvalue weighted by atomic mass is 28.3. The van der Waals surface area contributed by atoms with Crippen LogP contribution >= 0.6 is 0 Å². The van der Waals surface area contributed by atoms with Gasteiger partial charge in [-0.2, -0.15) is 0 Å². The molecule has 0 amide bonds. The monoisotopic (exact) mass is 199 g/mol. The maximum absolute atomic E-state index is 3.54. The zero-order valence-corrected chi connectivity index (χ0v) is 10.7. The molecule has 0 saturated heterocycles. The summed E-state index contributed by atoms with van der Waals surface area (Å²) in [4.78, 5) is 0. The van der Waals surface area contributed by atoms with E-state index in [2.05, 4.69) is 31.9 Å². The van der Waals surface area contributed by atoms with E-state index >= 15 is 0 Å². The molecule has 1 rings (SSSR count). The van der Waals surface area contributed by atoms with Gasteiger partial charge in [0.1, 0.15) is 0 Å². The number of hydrogen-bond acceptors (Lipinski definition) is 1. The lowest BCUT2D eigenvalue weighted by molar-refractivity contribution is 0.156. The van der Waals surface area contributed by atoms with Gasteiger partial charge < -0.3 is 5.32 Å². The van der Waals surface area contributed by atoms with Gasteiger partial charge >= 0.3 is 0 Å². The van der Waals surface area contributed by atoms with Crippen LogP contribution < -0.4 is 5.32 Å². The van der Waals surface area contributed by atoms with Crippen LogP contribution in [0.3, 0.4) is 0 Å². The molecular formula is C11H25NSi. The average Bonchev–Trinajstić information content (AvgIpc) is 1.92. The van der Waals surface area contributed by atoms with E-state index < -0.39 is 8.07 Å². The SMILES string of the molecule is CCNCC1(C[Si](C)(C)C)CCC1. The summed E-state index contributed by atoms with van der Waals surface area (Å²) in [7, 11) is -0.852. The Balaban J connectivity index is 2.40. The molecule has 0 heterocycles. The minimum Gasteiger partial charge on any atom is -0.316 e. The Morgan fingerprint density at radius 1 is 1.23 bits per heavy atom. The van der Waals surface area contributed by atoms with E-state index in [1.807, 2.05) is 0 Å². The smallest absolute Gasteiger partial charge is 0.0448 e. The van der Waals surface area contributed by atoms with Crippen molar-refractivity contribution in [2.75, 3.05) is 13.1 Å². The standard InChI is InChI=1S/C11H25NSi/c1-5-12-9-11(7-6-8-11)10-13(2,3)4/h12H,5-10H2,1-4H3. The fourth-order valence-corrected chi connectivity index (χ4v) is 5.34. The molecule has 1 saturated carbocycles. The number of hydrogen-bond donors (Lipinski definition) is 1. The summed E-state index contributed by atoms with van der Waals surface area (Å²) >= 11 is 0. The molecule has 0 spiro atoms. The molecule has 0 aromatic rings. The van der Waals surface area contributed by atoms with Gasteiger partial charge in [0.05, 0.1) is 0 Å². The van der Waals surface area contributed by atoms with E-state index in [1.54, 1.807) is 0 Å². The summed E-state index contributed by atoms with van der Waals surface area (Å²) in [6.45, 7) is 12.1. The molecule has 0 unspecified atom stereocenters. The molecule has 0 aromatic heterocycles. The van der Waals surface area contributed by atoms with Gasteiger partial charge in [0, 0.05) is 14.6 Å². The highest BCUT2D eigenvalue weighted by Gasteiger charge is 2.39. The van der Waals surface area contributed by atoms with Crippen LogP contribution in [0.2, 0.25) is 25.7 Å². The second-order valence-electron chi connectivity index (χ2n) is 5.87. The quantitative estimate of drug-likeness (QED) is 0.671. The molecule has 0 atom stereocenters. The van der Waals surface area contributed by atoms with Crippen LogP contribution in [-0.4, -0.2) is 21.2 Å². The number of rotatable bonds is 5. The van der Waals surface area contributed by atoms with Gasteiger partial charge in [0.2, 0.25) is 0 Å². The maximum atomic E-state index is 3.54. The summed E-state index contributed by atoms with van der Waals surface area (Å²) in [5, 5.41) is 3.54. The molecular weight excluding hydrogens is 174 g/mol. The van der Waals surface area contributed by atoms with Gasteiger partial charge in [-0.1, -0.05) is 39.0 Å².